The van der Waals surface area contributed by atoms with Crippen molar-refractivity contribution < 1.29 is 23.2 Å². The summed E-state index contributed by atoms with van der Waals surface area (Å²) >= 11 is 0. The van der Waals surface area contributed by atoms with Crippen LogP contribution in [0.4, 0.5) is 0 Å². The van der Waals surface area contributed by atoms with Crippen LogP contribution in [0.1, 0.15) is 38.5 Å². The number of unbranched alkanes of at least 4 members (excludes halogenated alkanes) is 3. The van der Waals surface area contributed by atoms with Crippen LogP contribution in [0.15, 0.2) is 0 Å². The molecule has 0 unspecified atom stereocenters. The second-order valence-corrected chi connectivity index (χ2v) is 7.14. The molecule has 0 aromatic rings. The van der Waals surface area contributed by atoms with Crippen LogP contribution in [-0.2, 0) is 23.2 Å². The van der Waals surface area contributed by atoms with E-state index in [-0.39, 0.29) is 17.9 Å². The maximum atomic E-state index is 11.7. The van der Waals surface area contributed by atoms with Crippen molar-refractivity contribution >= 4 is 19.3 Å². The molecule has 0 fully saturated rings. The summed E-state index contributed by atoms with van der Waals surface area (Å²) in [6.07, 6.45) is 4.12. The van der Waals surface area contributed by atoms with Gasteiger partial charge in [-0.05, 0) is 12.8 Å². The van der Waals surface area contributed by atoms with Crippen molar-refractivity contribution in [3.05, 3.63) is 0 Å². The molecule has 0 aromatic heterocycles. The molecule has 0 aliphatic heterocycles. The van der Waals surface area contributed by atoms with E-state index >= 15 is 0 Å². The van der Waals surface area contributed by atoms with Crippen LogP contribution in [0, 0.1) is 0 Å². The zero-order valence-electron chi connectivity index (χ0n) is 12.9. The topological polar surface area (TPSA) is 72.9 Å². The average Bonchev–Trinajstić information content (AvgIpc) is 2.41. The summed E-state index contributed by atoms with van der Waals surface area (Å²) in [7, 11) is 2.81. The lowest BCUT2D eigenvalue weighted by Gasteiger charge is -2.12. The van der Waals surface area contributed by atoms with Gasteiger partial charge in [0.05, 0.1) is 0 Å². The van der Waals surface area contributed by atoms with Crippen LogP contribution >= 0.6 is 7.60 Å². The van der Waals surface area contributed by atoms with E-state index in [1.807, 2.05) is 0 Å². The molecule has 0 radical (unpaired) electrons. The number of carbonyl (C=O) groups excluding carboxylic acids is 2. The molecule has 0 saturated heterocycles. The molecule has 1 amide bonds. The van der Waals surface area contributed by atoms with Crippen LogP contribution in [-0.4, -0.2) is 51.1 Å². The van der Waals surface area contributed by atoms with Crippen LogP contribution in [0.2, 0.25) is 0 Å². The summed E-state index contributed by atoms with van der Waals surface area (Å²) in [5.41, 5.74) is 0. The molecule has 0 N–H and O–H groups in total. The number of Topliss-reactive ketones (excluding diaryl/α,β-unsaturated/α-hetero) is 1. The summed E-state index contributed by atoms with van der Waals surface area (Å²) in [6.45, 7) is 0. The summed E-state index contributed by atoms with van der Waals surface area (Å²) in [6, 6.07) is 0. The van der Waals surface area contributed by atoms with Crippen molar-refractivity contribution in [2.75, 3.05) is 34.5 Å². The Morgan fingerprint density at radius 1 is 0.950 bits per heavy atom. The zero-order valence-corrected chi connectivity index (χ0v) is 13.8. The molecule has 0 bridgehead atoms. The molecule has 0 rings (SSSR count). The van der Waals surface area contributed by atoms with E-state index in [1.54, 1.807) is 19.0 Å². The highest BCUT2D eigenvalue weighted by Gasteiger charge is 2.24. The second-order valence-electron chi connectivity index (χ2n) is 4.88. The lowest BCUT2D eigenvalue weighted by Crippen LogP contribution is -2.20. The predicted octanol–water partition coefficient (Wildman–Crippen LogP) is 2.47. The largest absolute Gasteiger partial charge is 0.349 e. The van der Waals surface area contributed by atoms with Crippen LogP contribution in [0.25, 0.3) is 0 Å². The second kappa shape index (κ2) is 10.1. The van der Waals surface area contributed by atoms with Crippen LogP contribution < -0.4 is 0 Å². The first-order chi connectivity index (χ1) is 9.34. The standard InChI is InChI=1S/C13H26NO5P/c1-14(2)13(16)10-8-6-5-7-9-12(15)11-20(17,18-3)19-4/h5-11H2,1-4H3. The van der Waals surface area contributed by atoms with E-state index in [0.29, 0.717) is 12.8 Å². The molecule has 0 spiro atoms. The van der Waals surface area contributed by atoms with Crippen molar-refractivity contribution in [2.45, 2.75) is 38.5 Å². The lowest BCUT2D eigenvalue weighted by atomic mass is 10.1. The fourth-order valence-corrected chi connectivity index (χ4v) is 2.67. The number of amides is 1. The summed E-state index contributed by atoms with van der Waals surface area (Å²) < 4.78 is 21.2. The van der Waals surface area contributed by atoms with Gasteiger partial charge in [0.25, 0.3) is 0 Å². The molecule has 6 nitrogen and oxygen atoms in total. The lowest BCUT2D eigenvalue weighted by molar-refractivity contribution is -0.128. The molecule has 0 saturated carbocycles. The monoisotopic (exact) mass is 307 g/mol. The molecule has 0 atom stereocenters. The highest BCUT2D eigenvalue weighted by atomic mass is 31.2. The Balaban J connectivity index is 3.68. The molecule has 7 heteroatoms. The Labute approximate surface area is 121 Å². The molecule has 118 valence electrons. The van der Waals surface area contributed by atoms with Gasteiger partial charge in [0.2, 0.25) is 5.91 Å². The molecule has 0 aliphatic rings. The maximum absolute atomic E-state index is 11.7. The van der Waals surface area contributed by atoms with E-state index in [1.165, 1.54) is 14.2 Å². The van der Waals surface area contributed by atoms with Gasteiger partial charge in [-0.1, -0.05) is 12.8 Å². The van der Waals surface area contributed by atoms with Gasteiger partial charge in [-0.15, -0.1) is 0 Å². The third-order valence-electron chi connectivity index (χ3n) is 3.02. The Hall–Kier alpha value is -0.710. The van der Waals surface area contributed by atoms with Gasteiger partial charge in [0.1, 0.15) is 11.9 Å². The Morgan fingerprint density at radius 3 is 1.90 bits per heavy atom. The van der Waals surface area contributed by atoms with E-state index in [2.05, 4.69) is 0 Å². The summed E-state index contributed by atoms with van der Waals surface area (Å²) in [5.74, 6) is 0.0172. The van der Waals surface area contributed by atoms with Gasteiger partial charge in [-0.25, -0.2) is 0 Å². The smallest absolute Gasteiger partial charge is 0.337 e. The van der Waals surface area contributed by atoms with Crippen molar-refractivity contribution in [3.63, 3.8) is 0 Å². The molecular formula is C13H26NO5P. The Kier molecular flexibility index (Phi) is 9.72. The van der Waals surface area contributed by atoms with Crippen LogP contribution in [0.3, 0.4) is 0 Å². The van der Waals surface area contributed by atoms with Crippen LogP contribution in [0.5, 0.6) is 0 Å². The Bertz CT molecular complexity index is 349. The fraction of sp³-hybridized carbons (Fsp3) is 0.846. The number of nitrogens with zero attached hydrogens (tertiary/aromatic N) is 1. The molecular weight excluding hydrogens is 281 g/mol. The molecule has 0 heterocycles. The normalized spacial score (nSPS) is 11.4. The highest BCUT2D eigenvalue weighted by molar-refractivity contribution is 7.54. The number of hydrogen-bond donors (Lipinski definition) is 0. The van der Waals surface area contributed by atoms with Gasteiger partial charge in [-0.2, -0.15) is 0 Å². The van der Waals surface area contributed by atoms with E-state index in [0.717, 1.165) is 25.7 Å². The Morgan fingerprint density at radius 2 is 1.45 bits per heavy atom. The third-order valence-corrected chi connectivity index (χ3v) is 4.87. The van der Waals surface area contributed by atoms with E-state index in [9.17, 15) is 14.2 Å². The molecule has 0 aliphatic carbocycles. The minimum atomic E-state index is -3.22. The number of ketones is 1. The number of hydrogen-bond acceptors (Lipinski definition) is 5. The van der Waals surface area contributed by atoms with Crippen molar-refractivity contribution in [1.29, 1.82) is 0 Å². The van der Waals surface area contributed by atoms with E-state index in [4.69, 9.17) is 9.05 Å². The number of rotatable bonds is 11. The third kappa shape index (κ3) is 8.46. The van der Waals surface area contributed by atoms with Gasteiger partial charge < -0.3 is 13.9 Å². The maximum Gasteiger partial charge on any atom is 0.337 e. The first-order valence-electron chi connectivity index (χ1n) is 6.77. The molecule has 0 aromatic carbocycles. The summed E-state index contributed by atoms with van der Waals surface area (Å²) in [4.78, 5) is 24.5. The predicted molar refractivity (Wildman–Crippen MR) is 77.9 cm³/mol. The average molecular weight is 307 g/mol. The first-order valence-corrected chi connectivity index (χ1v) is 8.50. The quantitative estimate of drug-likeness (QED) is 0.433. The number of carbonyl (C=O) groups is 2. The van der Waals surface area contributed by atoms with Crippen molar-refractivity contribution in [1.82, 2.24) is 4.90 Å². The zero-order chi connectivity index (χ0) is 15.6. The SMILES string of the molecule is COP(=O)(CC(=O)CCCCCCC(=O)N(C)C)OC. The van der Waals surface area contributed by atoms with Gasteiger partial charge in [-0.3, -0.25) is 14.2 Å². The highest BCUT2D eigenvalue weighted by Crippen LogP contribution is 2.46. The molecule has 20 heavy (non-hydrogen) atoms. The van der Waals surface area contributed by atoms with Gasteiger partial charge >= 0.3 is 7.60 Å². The minimum absolute atomic E-state index is 0.110. The van der Waals surface area contributed by atoms with Crippen molar-refractivity contribution in [2.24, 2.45) is 0 Å². The summed E-state index contributed by atoms with van der Waals surface area (Å²) in [5, 5.41) is 0. The first kappa shape index (κ1) is 19.3. The van der Waals surface area contributed by atoms with Gasteiger partial charge in [0.15, 0.2) is 0 Å². The minimum Gasteiger partial charge on any atom is -0.349 e. The van der Waals surface area contributed by atoms with E-state index < -0.39 is 7.60 Å². The van der Waals surface area contributed by atoms with Gasteiger partial charge in [0, 0.05) is 41.2 Å². The van der Waals surface area contributed by atoms with Crippen molar-refractivity contribution in [3.8, 4) is 0 Å². The fourth-order valence-electron chi connectivity index (χ4n) is 1.67.